The highest BCUT2D eigenvalue weighted by Crippen LogP contribution is 2.49. The quantitative estimate of drug-likeness (QED) is 0.817. The molecule has 1 saturated carbocycles. The van der Waals surface area contributed by atoms with Crippen LogP contribution in [-0.4, -0.2) is 34.0 Å². The molecule has 0 radical (unpaired) electrons. The molecule has 0 bridgehead atoms. The average molecular weight is 375 g/mol. The van der Waals surface area contributed by atoms with Gasteiger partial charge in [-0.05, 0) is 42.9 Å². The van der Waals surface area contributed by atoms with Gasteiger partial charge in [0, 0.05) is 19.5 Å². The molecule has 1 aliphatic heterocycles. The van der Waals surface area contributed by atoms with E-state index in [2.05, 4.69) is 24.0 Å². The van der Waals surface area contributed by atoms with Crippen LogP contribution in [0.5, 0.6) is 0 Å². The van der Waals surface area contributed by atoms with Gasteiger partial charge in [-0.15, -0.1) is 0 Å². The molecule has 27 heavy (non-hydrogen) atoms. The third-order valence-corrected chi connectivity index (χ3v) is 5.81. The number of carbonyl (C=O) groups excluding carboxylic acids is 1. The summed E-state index contributed by atoms with van der Waals surface area (Å²) in [5, 5.41) is 4.22. The van der Waals surface area contributed by atoms with E-state index in [1.165, 1.54) is 0 Å². The van der Waals surface area contributed by atoms with Gasteiger partial charge in [0.05, 0.1) is 11.0 Å². The highest BCUT2D eigenvalue weighted by atomic mass is 19.1. The largest absolute Gasteiger partial charge is 0.339 e. The van der Waals surface area contributed by atoms with E-state index >= 15 is 0 Å². The fourth-order valence-corrected chi connectivity index (χ4v) is 4.53. The lowest BCUT2D eigenvalue weighted by Gasteiger charge is -2.24. The van der Waals surface area contributed by atoms with Crippen LogP contribution in [0.1, 0.15) is 55.2 Å². The van der Waals surface area contributed by atoms with Crippen molar-refractivity contribution < 1.29 is 18.1 Å². The second-order valence-electron chi connectivity index (χ2n) is 8.16. The first kappa shape index (κ1) is 18.1. The molecule has 1 aromatic carbocycles. The molecular weight excluding hydrogens is 352 g/mol. The molecule has 5 nitrogen and oxygen atoms in total. The predicted molar refractivity (Wildman–Crippen MR) is 94.1 cm³/mol. The van der Waals surface area contributed by atoms with Gasteiger partial charge in [-0.25, -0.2) is 8.78 Å². The summed E-state index contributed by atoms with van der Waals surface area (Å²) < 4.78 is 33.0. The number of hydrogen-bond acceptors (Lipinski definition) is 4. The zero-order valence-electron chi connectivity index (χ0n) is 15.5. The summed E-state index contributed by atoms with van der Waals surface area (Å²) in [7, 11) is 0. The first-order valence-electron chi connectivity index (χ1n) is 9.46. The number of amides is 1. The molecule has 0 N–H and O–H groups in total. The number of rotatable bonds is 4. The smallest absolute Gasteiger partial charge is 0.256 e. The van der Waals surface area contributed by atoms with Crippen molar-refractivity contribution in [1.29, 1.82) is 0 Å². The van der Waals surface area contributed by atoms with E-state index in [1.54, 1.807) is 4.90 Å². The third kappa shape index (κ3) is 3.13. The molecule has 2 fully saturated rings. The van der Waals surface area contributed by atoms with Crippen LogP contribution >= 0.6 is 0 Å². The van der Waals surface area contributed by atoms with Crippen LogP contribution in [0, 0.1) is 23.5 Å². The van der Waals surface area contributed by atoms with E-state index in [-0.39, 0.29) is 16.9 Å². The number of likely N-dealkylation sites (tertiary alicyclic amines) is 1. The summed E-state index contributed by atoms with van der Waals surface area (Å²) in [6, 6.07) is 2.97. The summed E-state index contributed by atoms with van der Waals surface area (Å²) in [5.41, 5.74) is -0.572. The Bertz CT molecular complexity index is 867. The lowest BCUT2D eigenvalue weighted by molar-refractivity contribution is 0.0771. The third-order valence-electron chi connectivity index (χ3n) is 5.81. The van der Waals surface area contributed by atoms with E-state index in [0.717, 1.165) is 37.5 Å². The van der Waals surface area contributed by atoms with Crippen LogP contribution in [-0.2, 0) is 11.8 Å². The maximum absolute atomic E-state index is 14.1. The Hall–Kier alpha value is -2.31. The normalized spacial score (nSPS) is 24.6. The minimum atomic E-state index is -0.703. The van der Waals surface area contributed by atoms with Crippen molar-refractivity contribution in [3.8, 4) is 0 Å². The van der Waals surface area contributed by atoms with Crippen LogP contribution in [0.3, 0.4) is 0 Å². The van der Waals surface area contributed by atoms with Crippen molar-refractivity contribution in [2.75, 3.05) is 13.1 Å². The second kappa shape index (κ2) is 6.69. The fourth-order valence-electron chi connectivity index (χ4n) is 4.53. The molecule has 4 rings (SSSR count). The van der Waals surface area contributed by atoms with E-state index in [0.29, 0.717) is 37.1 Å². The van der Waals surface area contributed by atoms with E-state index in [1.807, 2.05) is 0 Å². The molecule has 1 amide bonds. The summed E-state index contributed by atoms with van der Waals surface area (Å²) in [6.45, 7) is 5.09. The van der Waals surface area contributed by atoms with Crippen molar-refractivity contribution in [2.24, 2.45) is 11.8 Å². The number of carbonyl (C=O) groups is 1. The number of hydrogen-bond donors (Lipinski definition) is 0. The molecule has 2 aromatic rings. The standard InChI is InChI=1S/C20H23F2N3O2/c1-12(2)8-17-23-19(24-27-17)20-7-3-4-13(20)10-25(11-20)18(26)15-9-14(21)5-6-16(15)22/h5-6,9,12-13H,3-4,7-8,10-11H2,1-2H3/t13-,20-/m1/s1. The highest BCUT2D eigenvalue weighted by Gasteiger charge is 2.54. The van der Waals surface area contributed by atoms with Gasteiger partial charge in [0.2, 0.25) is 5.89 Å². The SMILES string of the molecule is CC(C)Cc1nc([C@@]23CCC[C@@H]2CN(C(=O)c2cc(F)ccc2F)C3)no1. The molecule has 2 heterocycles. The van der Waals surface area contributed by atoms with E-state index < -0.39 is 17.5 Å². The first-order chi connectivity index (χ1) is 12.9. The lowest BCUT2D eigenvalue weighted by Crippen LogP contribution is -2.35. The Kier molecular flexibility index (Phi) is 4.48. The lowest BCUT2D eigenvalue weighted by atomic mass is 9.80. The molecule has 1 aliphatic carbocycles. The van der Waals surface area contributed by atoms with Gasteiger partial charge in [0.1, 0.15) is 11.6 Å². The maximum Gasteiger partial charge on any atom is 0.256 e. The molecule has 0 spiro atoms. The molecule has 2 atom stereocenters. The Morgan fingerprint density at radius 1 is 1.41 bits per heavy atom. The summed E-state index contributed by atoms with van der Waals surface area (Å²) in [4.78, 5) is 19.1. The minimum absolute atomic E-state index is 0.211. The minimum Gasteiger partial charge on any atom is -0.339 e. The molecule has 2 aliphatic rings. The predicted octanol–water partition coefficient (Wildman–Crippen LogP) is 3.74. The second-order valence-corrected chi connectivity index (χ2v) is 8.16. The number of aromatic nitrogens is 2. The Morgan fingerprint density at radius 2 is 2.22 bits per heavy atom. The highest BCUT2D eigenvalue weighted by molar-refractivity contribution is 5.94. The molecule has 0 unspecified atom stereocenters. The summed E-state index contributed by atoms with van der Waals surface area (Å²) >= 11 is 0. The van der Waals surface area contributed by atoms with Gasteiger partial charge in [0.15, 0.2) is 5.82 Å². The molecule has 144 valence electrons. The van der Waals surface area contributed by atoms with Crippen molar-refractivity contribution in [3.05, 3.63) is 47.1 Å². The van der Waals surface area contributed by atoms with Crippen LogP contribution < -0.4 is 0 Å². The van der Waals surface area contributed by atoms with Crippen molar-refractivity contribution in [2.45, 2.75) is 44.9 Å². The van der Waals surface area contributed by atoms with Crippen LogP contribution in [0.4, 0.5) is 8.78 Å². The molecular formula is C20H23F2N3O2. The van der Waals surface area contributed by atoms with Crippen molar-refractivity contribution in [1.82, 2.24) is 15.0 Å². The van der Waals surface area contributed by atoms with Crippen molar-refractivity contribution >= 4 is 5.91 Å². The number of fused-ring (bicyclic) bond motifs is 1. The first-order valence-corrected chi connectivity index (χ1v) is 9.46. The van der Waals surface area contributed by atoms with Crippen molar-refractivity contribution in [3.63, 3.8) is 0 Å². The number of nitrogens with zero attached hydrogens (tertiary/aromatic N) is 3. The zero-order valence-corrected chi connectivity index (χ0v) is 15.5. The Balaban J connectivity index is 1.61. The number of halogens is 2. The van der Waals surface area contributed by atoms with Gasteiger partial charge >= 0.3 is 0 Å². The van der Waals surface area contributed by atoms with Gasteiger partial charge in [-0.2, -0.15) is 4.98 Å². The van der Waals surface area contributed by atoms with Gasteiger partial charge in [-0.1, -0.05) is 25.4 Å². The van der Waals surface area contributed by atoms with Gasteiger partial charge in [0.25, 0.3) is 5.91 Å². The van der Waals surface area contributed by atoms with Gasteiger partial charge in [-0.3, -0.25) is 4.79 Å². The molecule has 1 saturated heterocycles. The average Bonchev–Trinajstić information content (AvgIpc) is 3.29. The topological polar surface area (TPSA) is 59.2 Å². The zero-order chi connectivity index (χ0) is 19.2. The summed E-state index contributed by atoms with van der Waals surface area (Å²) in [6.07, 6.45) is 3.58. The molecule has 1 aromatic heterocycles. The van der Waals surface area contributed by atoms with Crippen LogP contribution in [0.15, 0.2) is 22.7 Å². The van der Waals surface area contributed by atoms with E-state index in [4.69, 9.17) is 4.52 Å². The van der Waals surface area contributed by atoms with Crippen LogP contribution in [0.2, 0.25) is 0 Å². The van der Waals surface area contributed by atoms with E-state index in [9.17, 15) is 13.6 Å². The van der Waals surface area contributed by atoms with Gasteiger partial charge < -0.3 is 9.42 Å². The Morgan fingerprint density at radius 3 is 3.00 bits per heavy atom. The molecule has 7 heteroatoms. The fraction of sp³-hybridized carbons (Fsp3) is 0.550. The summed E-state index contributed by atoms with van der Waals surface area (Å²) in [5.74, 6) is 0.0790. The Labute approximate surface area is 156 Å². The number of benzene rings is 1. The maximum atomic E-state index is 14.1. The monoisotopic (exact) mass is 375 g/mol. The van der Waals surface area contributed by atoms with Crippen LogP contribution in [0.25, 0.3) is 0 Å².